The summed E-state index contributed by atoms with van der Waals surface area (Å²) in [6.45, 7) is 3.77. The van der Waals surface area contributed by atoms with E-state index in [0.717, 1.165) is 11.1 Å². The van der Waals surface area contributed by atoms with E-state index >= 15 is 0 Å². The van der Waals surface area contributed by atoms with E-state index < -0.39 is 9.84 Å². The molecule has 0 spiro atoms. The zero-order valence-corrected chi connectivity index (χ0v) is 14.9. The number of sulfone groups is 1. The Morgan fingerprint density at radius 2 is 1.36 bits per heavy atom. The van der Waals surface area contributed by atoms with Gasteiger partial charge in [-0.05, 0) is 55.8 Å². The first-order valence-corrected chi connectivity index (χ1v) is 9.34. The van der Waals surface area contributed by atoms with E-state index in [1.807, 2.05) is 50.2 Å². The predicted molar refractivity (Wildman–Crippen MR) is 98.4 cm³/mol. The van der Waals surface area contributed by atoms with Gasteiger partial charge in [0.1, 0.15) is 5.69 Å². The van der Waals surface area contributed by atoms with Crippen LogP contribution in [0, 0.1) is 13.8 Å². The summed E-state index contributed by atoms with van der Waals surface area (Å²) in [7, 11) is -3.67. The molecule has 0 radical (unpaired) electrons. The van der Waals surface area contributed by atoms with Gasteiger partial charge in [0.25, 0.3) is 0 Å². The summed E-state index contributed by atoms with van der Waals surface area (Å²) in [5, 5.41) is 8.32. The predicted octanol–water partition coefficient (Wildman–Crippen LogP) is 5.55. The monoisotopic (exact) mass is 350 g/mol. The van der Waals surface area contributed by atoms with Gasteiger partial charge in [-0.1, -0.05) is 42.0 Å². The van der Waals surface area contributed by atoms with Crippen LogP contribution in [-0.2, 0) is 9.84 Å². The molecule has 0 atom stereocenters. The minimum atomic E-state index is -3.67. The van der Waals surface area contributed by atoms with Crippen LogP contribution in [0.15, 0.2) is 92.8 Å². The zero-order chi connectivity index (χ0) is 17.9. The third-order valence-corrected chi connectivity index (χ3v) is 5.56. The first-order valence-electron chi connectivity index (χ1n) is 7.86. The molecule has 0 saturated heterocycles. The third-order valence-electron chi connectivity index (χ3n) is 3.77. The number of hydrogen-bond acceptors (Lipinski definition) is 4. The average Bonchev–Trinajstić information content (AvgIpc) is 2.62. The summed E-state index contributed by atoms with van der Waals surface area (Å²) in [4.78, 5) is 0.413. The molecule has 0 aromatic heterocycles. The lowest BCUT2D eigenvalue weighted by atomic mass is 10.2. The summed E-state index contributed by atoms with van der Waals surface area (Å²) < 4.78 is 26.1. The van der Waals surface area contributed by atoms with E-state index in [0.29, 0.717) is 11.4 Å². The van der Waals surface area contributed by atoms with Crippen molar-refractivity contribution in [3.8, 4) is 0 Å². The largest absolute Gasteiger partial charge is 0.218 e. The average molecular weight is 350 g/mol. The van der Waals surface area contributed by atoms with Crippen LogP contribution in [0.2, 0.25) is 0 Å². The van der Waals surface area contributed by atoms with Crippen molar-refractivity contribution in [2.45, 2.75) is 23.6 Å². The van der Waals surface area contributed by atoms with Crippen molar-refractivity contribution >= 4 is 21.2 Å². The highest BCUT2D eigenvalue weighted by molar-refractivity contribution is 7.91. The summed E-state index contributed by atoms with van der Waals surface area (Å²) >= 11 is 0. The molecule has 3 aromatic rings. The van der Waals surface area contributed by atoms with E-state index in [9.17, 15) is 8.42 Å². The fourth-order valence-electron chi connectivity index (χ4n) is 2.37. The highest BCUT2D eigenvalue weighted by Gasteiger charge is 2.21. The van der Waals surface area contributed by atoms with Crippen molar-refractivity contribution in [1.82, 2.24) is 0 Å². The lowest BCUT2D eigenvalue weighted by Crippen LogP contribution is -2.02. The maximum Gasteiger partial charge on any atom is 0.208 e. The molecular formula is C20H18N2O2S. The zero-order valence-electron chi connectivity index (χ0n) is 14.0. The van der Waals surface area contributed by atoms with E-state index in [1.54, 1.807) is 36.4 Å². The second-order valence-corrected chi connectivity index (χ2v) is 7.74. The van der Waals surface area contributed by atoms with Gasteiger partial charge in [-0.3, -0.25) is 0 Å². The summed E-state index contributed by atoms with van der Waals surface area (Å²) in [6, 6.07) is 21.2. The van der Waals surface area contributed by atoms with Crippen LogP contribution in [-0.4, -0.2) is 8.42 Å². The van der Waals surface area contributed by atoms with Crippen LogP contribution in [0.5, 0.6) is 0 Å². The molecule has 3 aromatic carbocycles. The molecule has 5 heteroatoms. The first-order chi connectivity index (χ1) is 12.0. The molecule has 0 unspecified atom stereocenters. The van der Waals surface area contributed by atoms with Crippen molar-refractivity contribution in [3.05, 3.63) is 83.9 Å². The molecule has 0 aliphatic carbocycles. The standard InChI is InChI=1S/C20H18N2O2S/c1-15-8-11-18(12-9-15)25(23,24)20-14-16(2)10-13-19(20)22-21-17-6-4-3-5-7-17/h3-14H,1-2H3. The molecule has 25 heavy (non-hydrogen) atoms. The minimum Gasteiger partial charge on any atom is -0.218 e. The highest BCUT2D eigenvalue weighted by atomic mass is 32.2. The number of rotatable bonds is 4. The van der Waals surface area contributed by atoms with Crippen LogP contribution in [0.25, 0.3) is 0 Å². The Morgan fingerprint density at radius 3 is 2.04 bits per heavy atom. The van der Waals surface area contributed by atoms with E-state index in [4.69, 9.17) is 0 Å². The van der Waals surface area contributed by atoms with Crippen LogP contribution < -0.4 is 0 Å². The molecule has 3 rings (SSSR count). The molecule has 0 saturated carbocycles. The molecule has 4 nitrogen and oxygen atoms in total. The second-order valence-electron chi connectivity index (χ2n) is 5.82. The van der Waals surface area contributed by atoms with Crippen molar-refractivity contribution < 1.29 is 8.42 Å². The van der Waals surface area contributed by atoms with Crippen molar-refractivity contribution in [2.75, 3.05) is 0 Å². The molecule has 0 aliphatic rings. The fourth-order valence-corrected chi connectivity index (χ4v) is 3.84. The Balaban J connectivity index is 2.08. The fraction of sp³-hybridized carbons (Fsp3) is 0.100. The molecule has 0 aliphatic heterocycles. The Kier molecular flexibility index (Phi) is 4.76. The normalized spacial score (nSPS) is 11.8. The van der Waals surface area contributed by atoms with Gasteiger partial charge in [0.15, 0.2) is 0 Å². The van der Waals surface area contributed by atoms with E-state index in [1.165, 1.54) is 0 Å². The number of benzene rings is 3. The van der Waals surface area contributed by atoms with Gasteiger partial charge in [0.2, 0.25) is 9.84 Å². The van der Waals surface area contributed by atoms with Gasteiger partial charge < -0.3 is 0 Å². The Labute approximate surface area is 147 Å². The molecular weight excluding hydrogens is 332 g/mol. The highest BCUT2D eigenvalue weighted by Crippen LogP contribution is 2.32. The topological polar surface area (TPSA) is 58.9 Å². The first kappa shape index (κ1) is 17.0. The van der Waals surface area contributed by atoms with Gasteiger partial charge in [-0.25, -0.2) is 8.42 Å². The number of aryl methyl sites for hydroxylation is 2. The van der Waals surface area contributed by atoms with Gasteiger partial charge in [-0.15, -0.1) is 5.11 Å². The number of hydrogen-bond donors (Lipinski definition) is 0. The van der Waals surface area contributed by atoms with Crippen molar-refractivity contribution in [2.24, 2.45) is 10.2 Å². The molecule has 0 N–H and O–H groups in total. The quantitative estimate of drug-likeness (QED) is 0.579. The maximum atomic E-state index is 13.0. The van der Waals surface area contributed by atoms with Gasteiger partial charge in [0.05, 0.1) is 15.5 Å². The summed E-state index contributed by atoms with van der Waals surface area (Å²) in [6.07, 6.45) is 0. The minimum absolute atomic E-state index is 0.163. The molecule has 0 amide bonds. The van der Waals surface area contributed by atoms with Crippen LogP contribution in [0.3, 0.4) is 0 Å². The van der Waals surface area contributed by atoms with Crippen LogP contribution in [0.1, 0.15) is 11.1 Å². The summed E-state index contributed by atoms with van der Waals surface area (Å²) in [5.41, 5.74) is 2.85. The Bertz CT molecular complexity index is 1010. The number of azo groups is 1. The molecule has 0 fully saturated rings. The van der Waals surface area contributed by atoms with Crippen LogP contribution >= 0.6 is 0 Å². The molecule has 0 heterocycles. The van der Waals surface area contributed by atoms with Crippen molar-refractivity contribution in [1.29, 1.82) is 0 Å². The molecule has 0 bridgehead atoms. The van der Waals surface area contributed by atoms with E-state index in [2.05, 4.69) is 10.2 Å². The maximum absolute atomic E-state index is 13.0. The van der Waals surface area contributed by atoms with Gasteiger partial charge in [0, 0.05) is 0 Å². The van der Waals surface area contributed by atoms with Crippen LogP contribution in [0.4, 0.5) is 11.4 Å². The van der Waals surface area contributed by atoms with E-state index in [-0.39, 0.29) is 9.79 Å². The van der Waals surface area contributed by atoms with Gasteiger partial charge in [-0.2, -0.15) is 5.11 Å². The Morgan fingerprint density at radius 1 is 0.720 bits per heavy atom. The lowest BCUT2D eigenvalue weighted by Gasteiger charge is -2.08. The molecule has 126 valence electrons. The third kappa shape index (κ3) is 3.83. The lowest BCUT2D eigenvalue weighted by molar-refractivity contribution is 0.596. The smallest absolute Gasteiger partial charge is 0.208 e. The second kappa shape index (κ2) is 6.99. The SMILES string of the molecule is Cc1ccc(S(=O)(=O)c2cc(C)ccc2N=Nc2ccccc2)cc1. The summed E-state index contributed by atoms with van der Waals surface area (Å²) in [5.74, 6) is 0. The van der Waals surface area contributed by atoms with Crippen molar-refractivity contribution in [3.63, 3.8) is 0 Å². The van der Waals surface area contributed by atoms with Gasteiger partial charge >= 0.3 is 0 Å². The number of nitrogens with zero attached hydrogens (tertiary/aromatic N) is 2. The Hall–Kier alpha value is -2.79.